The van der Waals surface area contributed by atoms with Gasteiger partial charge in [-0.15, -0.1) is 0 Å². The van der Waals surface area contributed by atoms with Crippen LogP contribution in [0.25, 0.3) is 12.2 Å². The first-order valence-corrected chi connectivity index (χ1v) is 8.08. The van der Waals surface area contributed by atoms with Crippen LogP contribution in [0.5, 0.6) is 11.5 Å². The molecule has 0 saturated carbocycles. The molecule has 2 rings (SSSR count). The van der Waals surface area contributed by atoms with Crippen molar-refractivity contribution in [3.8, 4) is 11.5 Å². The standard InChI is InChI=1S/C21H24O4/c1-13(2)20(24)11-17-8-16(10-21(25)19(17)12-22)5-4-15-6-14(3)7-18(23)9-15/h4-10,20,22-25H,1,11-12H2,2-3H3/b5-4+. The number of hydrogen-bond acceptors (Lipinski definition) is 4. The highest BCUT2D eigenvalue weighted by molar-refractivity contribution is 5.72. The minimum atomic E-state index is -0.738. The maximum atomic E-state index is 10.2. The van der Waals surface area contributed by atoms with Crippen molar-refractivity contribution >= 4 is 12.2 Å². The summed E-state index contributed by atoms with van der Waals surface area (Å²) in [6, 6.07) is 8.65. The molecular formula is C21H24O4. The van der Waals surface area contributed by atoms with Gasteiger partial charge in [-0.2, -0.15) is 0 Å². The molecule has 0 radical (unpaired) electrons. The normalized spacial score (nSPS) is 12.5. The highest BCUT2D eigenvalue weighted by Crippen LogP contribution is 2.27. The molecule has 0 bridgehead atoms. The average Bonchev–Trinajstić information content (AvgIpc) is 2.51. The van der Waals surface area contributed by atoms with E-state index in [9.17, 15) is 20.4 Å². The van der Waals surface area contributed by atoms with Crippen LogP contribution in [0.15, 0.2) is 42.5 Å². The second-order valence-electron chi connectivity index (χ2n) is 6.34. The van der Waals surface area contributed by atoms with Gasteiger partial charge in [-0.25, -0.2) is 0 Å². The van der Waals surface area contributed by atoms with Gasteiger partial charge in [0.25, 0.3) is 0 Å². The molecule has 1 unspecified atom stereocenters. The number of aliphatic hydroxyl groups excluding tert-OH is 2. The molecule has 1 atom stereocenters. The molecule has 0 amide bonds. The molecule has 4 N–H and O–H groups in total. The Morgan fingerprint density at radius 2 is 1.72 bits per heavy atom. The fourth-order valence-corrected chi connectivity index (χ4v) is 2.66. The van der Waals surface area contributed by atoms with E-state index < -0.39 is 6.10 Å². The number of phenols is 2. The summed E-state index contributed by atoms with van der Waals surface area (Å²) in [7, 11) is 0. The van der Waals surface area contributed by atoms with Gasteiger partial charge in [0.2, 0.25) is 0 Å². The number of hydrogen-bond donors (Lipinski definition) is 4. The van der Waals surface area contributed by atoms with E-state index in [1.807, 2.05) is 31.2 Å². The van der Waals surface area contributed by atoms with Crippen LogP contribution < -0.4 is 0 Å². The lowest BCUT2D eigenvalue weighted by Gasteiger charge is -2.15. The van der Waals surface area contributed by atoms with Gasteiger partial charge in [-0.3, -0.25) is 0 Å². The molecule has 2 aromatic rings. The number of benzene rings is 2. The summed E-state index contributed by atoms with van der Waals surface area (Å²) < 4.78 is 0. The maximum absolute atomic E-state index is 10.2. The first kappa shape index (κ1) is 18.8. The van der Waals surface area contributed by atoms with Crippen LogP contribution in [0.2, 0.25) is 0 Å². The molecule has 0 heterocycles. The Bertz CT molecular complexity index is 786. The van der Waals surface area contributed by atoms with Gasteiger partial charge < -0.3 is 20.4 Å². The average molecular weight is 340 g/mol. The van der Waals surface area contributed by atoms with E-state index in [1.165, 1.54) is 0 Å². The van der Waals surface area contributed by atoms with Crippen molar-refractivity contribution in [1.29, 1.82) is 0 Å². The van der Waals surface area contributed by atoms with Gasteiger partial charge >= 0.3 is 0 Å². The lowest BCUT2D eigenvalue weighted by molar-refractivity contribution is 0.210. The first-order chi connectivity index (χ1) is 11.8. The summed E-state index contributed by atoms with van der Waals surface area (Å²) in [5, 5.41) is 39.4. The molecule has 0 fully saturated rings. The fourth-order valence-electron chi connectivity index (χ4n) is 2.66. The summed E-state index contributed by atoms with van der Waals surface area (Å²) in [4.78, 5) is 0. The van der Waals surface area contributed by atoms with E-state index in [2.05, 4.69) is 6.58 Å². The number of aromatic hydroxyl groups is 2. The smallest absolute Gasteiger partial charge is 0.121 e. The number of phenolic OH excluding ortho intramolecular Hbond substituents is 1. The molecule has 0 aliphatic heterocycles. The summed E-state index contributed by atoms with van der Waals surface area (Å²) in [5.74, 6) is 0.184. The number of rotatable bonds is 6. The summed E-state index contributed by atoms with van der Waals surface area (Å²) in [5.41, 5.74) is 4.23. The van der Waals surface area contributed by atoms with Crippen LogP contribution >= 0.6 is 0 Å². The topological polar surface area (TPSA) is 80.9 Å². The lowest BCUT2D eigenvalue weighted by Crippen LogP contribution is -2.13. The molecule has 25 heavy (non-hydrogen) atoms. The zero-order valence-corrected chi connectivity index (χ0v) is 14.5. The maximum Gasteiger partial charge on any atom is 0.121 e. The Morgan fingerprint density at radius 3 is 2.28 bits per heavy atom. The SMILES string of the molecule is C=C(C)C(O)Cc1cc(/C=C/c2cc(C)cc(O)c2)cc(O)c1CO. The van der Waals surface area contributed by atoms with Gasteiger partial charge in [0.1, 0.15) is 11.5 Å². The summed E-state index contributed by atoms with van der Waals surface area (Å²) >= 11 is 0. The van der Waals surface area contributed by atoms with Crippen molar-refractivity contribution in [1.82, 2.24) is 0 Å². The minimum absolute atomic E-state index is 0.0133. The second kappa shape index (κ2) is 8.01. The van der Waals surface area contributed by atoms with Crippen molar-refractivity contribution in [3.63, 3.8) is 0 Å². The second-order valence-corrected chi connectivity index (χ2v) is 6.34. The molecule has 4 heteroatoms. The lowest BCUT2D eigenvalue weighted by atomic mass is 9.95. The number of aliphatic hydroxyl groups is 2. The summed E-state index contributed by atoms with van der Waals surface area (Å²) in [6.45, 7) is 7.06. The third kappa shape index (κ3) is 4.95. The van der Waals surface area contributed by atoms with Crippen LogP contribution in [-0.4, -0.2) is 26.5 Å². The molecule has 0 aliphatic rings. The Hall–Kier alpha value is -2.56. The molecule has 0 aliphatic carbocycles. The van der Waals surface area contributed by atoms with E-state index in [0.29, 0.717) is 16.7 Å². The Morgan fingerprint density at radius 1 is 1.08 bits per heavy atom. The van der Waals surface area contributed by atoms with E-state index in [-0.39, 0.29) is 24.5 Å². The van der Waals surface area contributed by atoms with Crippen molar-refractivity contribution in [2.75, 3.05) is 0 Å². The third-order valence-corrected chi connectivity index (χ3v) is 4.03. The fraction of sp³-hybridized carbons (Fsp3) is 0.238. The highest BCUT2D eigenvalue weighted by Gasteiger charge is 2.13. The Labute approximate surface area is 148 Å². The van der Waals surface area contributed by atoms with Crippen LogP contribution in [-0.2, 0) is 13.0 Å². The number of aryl methyl sites for hydroxylation is 1. The first-order valence-electron chi connectivity index (χ1n) is 8.08. The molecule has 4 nitrogen and oxygen atoms in total. The van der Waals surface area contributed by atoms with Crippen LogP contribution in [0.1, 0.15) is 34.7 Å². The predicted molar refractivity (Wildman–Crippen MR) is 100 cm³/mol. The van der Waals surface area contributed by atoms with Crippen molar-refractivity contribution in [2.45, 2.75) is 33.0 Å². The third-order valence-electron chi connectivity index (χ3n) is 4.03. The van der Waals surface area contributed by atoms with E-state index in [4.69, 9.17) is 0 Å². The van der Waals surface area contributed by atoms with E-state index in [0.717, 1.165) is 16.7 Å². The quantitative estimate of drug-likeness (QED) is 0.479. The van der Waals surface area contributed by atoms with E-state index in [1.54, 1.807) is 25.1 Å². The van der Waals surface area contributed by atoms with Gasteiger partial charge in [0.15, 0.2) is 0 Å². The van der Waals surface area contributed by atoms with Crippen LogP contribution in [0, 0.1) is 6.92 Å². The Kier molecular flexibility index (Phi) is 6.02. The predicted octanol–water partition coefficient (Wildman–Crippen LogP) is 3.55. The molecule has 0 saturated heterocycles. The molecule has 132 valence electrons. The minimum Gasteiger partial charge on any atom is -0.508 e. The zero-order valence-electron chi connectivity index (χ0n) is 14.5. The van der Waals surface area contributed by atoms with Gasteiger partial charge in [0.05, 0.1) is 12.7 Å². The largest absolute Gasteiger partial charge is 0.508 e. The van der Waals surface area contributed by atoms with Crippen molar-refractivity contribution < 1.29 is 20.4 Å². The molecule has 0 aromatic heterocycles. The van der Waals surface area contributed by atoms with E-state index >= 15 is 0 Å². The monoisotopic (exact) mass is 340 g/mol. The van der Waals surface area contributed by atoms with Crippen molar-refractivity contribution in [3.05, 3.63) is 70.3 Å². The van der Waals surface area contributed by atoms with Crippen LogP contribution in [0.3, 0.4) is 0 Å². The molecule has 0 spiro atoms. The van der Waals surface area contributed by atoms with Crippen molar-refractivity contribution in [2.24, 2.45) is 0 Å². The molecular weight excluding hydrogens is 316 g/mol. The summed E-state index contributed by atoms with van der Waals surface area (Å²) in [6.07, 6.45) is 3.17. The van der Waals surface area contributed by atoms with Gasteiger partial charge in [-0.05, 0) is 54.3 Å². The van der Waals surface area contributed by atoms with Gasteiger partial charge in [-0.1, -0.05) is 36.4 Å². The van der Waals surface area contributed by atoms with Gasteiger partial charge in [0, 0.05) is 12.0 Å². The molecule has 2 aromatic carbocycles. The zero-order chi connectivity index (χ0) is 18.6. The Balaban J connectivity index is 2.36. The highest BCUT2D eigenvalue weighted by atomic mass is 16.3. The van der Waals surface area contributed by atoms with Crippen LogP contribution in [0.4, 0.5) is 0 Å².